The van der Waals surface area contributed by atoms with Crippen LogP contribution in [-0.2, 0) is 27.2 Å². The summed E-state index contributed by atoms with van der Waals surface area (Å²) in [6.07, 6.45) is -2.85. The molecule has 0 saturated carbocycles. The molecule has 33 heavy (non-hydrogen) atoms. The number of benzene rings is 2. The van der Waals surface area contributed by atoms with Crippen molar-refractivity contribution in [3.8, 4) is 5.75 Å². The highest BCUT2D eigenvalue weighted by Crippen LogP contribution is 2.17. The molecule has 0 fully saturated rings. The fourth-order valence-corrected chi connectivity index (χ4v) is 2.86. The van der Waals surface area contributed by atoms with Crippen molar-refractivity contribution in [2.45, 2.75) is 38.3 Å². The first-order valence-corrected chi connectivity index (χ1v) is 10.3. The molecular formula is C23H24F5NO4. The zero-order valence-corrected chi connectivity index (χ0v) is 17.7. The quantitative estimate of drug-likeness (QED) is 0.213. The molecule has 0 spiro atoms. The summed E-state index contributed by atoms with van der Waals surface area (Å²) in [5.41, 5.74) is 1.76. The van der Waals surface area contributed by atoms with Gasteiger partial charge < -0.3 is 14.8 Å². The number of halogens is 5. The summed E-state index contributed by atoms with van der Waals surface area (Å²) in [5, 5.41) is 2.90. The van der Waals surface area contributed by atoms with Gasteiger partial charge >= 0.3 is 18.1 Å². The fraction of sp³-hybridized carbons (Fsp3) is 0.391. The Morgan fingerprint density at radius 1 is 0.848 bits per heavy atom. The predicted molar refractivity (Wildman–Crippen MR) is 110 cm³/mol. The van der Waals surface area contributed by atoms with Gasteiger partial charge in [0.2, 0.25) is 0 Å². The van der Waals surface area contributed by atoms with Crippen LogP contribution in [0.3, 0.4) is 0 Å². The number of hydrogen-bond donors (Lipinski definition) is 1. The van der Waals surface area contributed by atoms with Crippen molar-refractivity contribution in [1.82, 2.24) is 5.32 Å². The van der Waals surface area contributed by atoms with E-state index in [1.54, 1.807) is 6.07 Å². The molecule has 0 aliphatic carbocycles. The standard InChI is InChI=1S/C23H24F5NO4/c24-19-10-7-17(15-20(19)25)4-2-14-32-18-8-5-16(6-9-18)3-1-12-29-13-11-21(30)33-22(31)23(26,27)28/h5-10,15,29H,1-4,11-14H2. The first-order valence-electron chi connectivity index (χ1n) is 10.3. The Morgan fingerprint density at radius 2 is 1.52 bits per heavy atom. The van der Waals surface area contributed by atoms with Crippen molar-refractivity contribution in [1.29, 1.82) is 0 Å². The largest absolute Gasteiger partial charge is 0.494 e. The van der Waals surface area contributed by atoms with E-state index in [2.05, 4.69) is 10.1 Å². The molecule has 0 atom stereocenters. The van der Waals surface area contributed by atoms with E-state index in [9.17, 15) is 31.5 Å². The molecule has 180 valence electrons. The summed E-state index contributed by atoms with van der Waals surface area (Å²) < 4.78 is 71.4. The number of esters is 2. The number of rotatable bonds is 12. The van der Waals surface area contributed by atoms with Crippen LogP contribution in [0.15, 0.2) is 42.5 Å². The molecule has 0 bridgehead atoms. The van der Waals surface area contributed by atoms with Crippen LogP contribution in [0.4, 0.5) is 22.0 Å². The minimum absolute atomic E-state index is 0.0985. The summed E-state index contributed by atoms with van der Waals surface area (Å²) in [5.74, 6) is -4.78. The van der Waals surface area contributed by atoms with Crippen molar-refractivity contribution >= 4 is 11.9 Å². The number of carbonyl (C=O) groups excluding carboxylic acids is 2. The van der Waals surface area contributed by atoms with Crippen molar-refractivity contribution in [2.75, 3.05) is 19.7 Å². The normalized spacial score (nSPS) is 11.3. The first kappa shape index (κ1) is 26.2. The maximum atomic E-state index is 13.2. The second-order valence-corrected chi connectivity index (χ2v) is 7.21. The summed E-state index contributed by atoms with van der Waals surface area (Å²) in [6.45, 7) is 1.06. The number of aryl methyl sites for hydroxylation is 2. The molecular weight excluding hydrogens is 449 g/mol. The molecule has 1 N–H and O–H groups in total. The SMILES string of the molecule is O=C(CCNCCCc1ccc(OCCCc2ccc(F)c(F)c2)cc1)OC(=O)C(F)(F)F. The van der Waals surface area contributed by atoms with Crippen molar-refractivity contribution in [3.05, 3.63) is 65.2 Å². The minimum atomic E-state index is -5.19. The maximum absolute atomic E-state index is 13.2. The van der Waals surface area contributed by atoms with Gasteiger partial charge in [-0.05, 0) is 67.6 Å². The van der Waals surface area contributed by atoms with Crippen molar-refractivity contribution in [2.24, 2.45) is 0 Å². The second-order valence-electron chi connectivity index (χ2n) is 7.21. The van der Waals surface area contributed by atoms with Gasteiger partial charge in [0.05, 0.1) is 13.0 Å². The predicted octanol–water partition coefficient (Wildman–Crippen LogP) is 4.52. The van der Waals surface area contributed by atoms with Crippen LogP contribution < -0.4 is 10.1 Å². The Kier molecular flexibility index (Phi) is 10.2. The van der Waals surface area contributed by atoms with Gasteiger partial charge in [-0.3, -0.25) is 4.79 Å². The molecule has 0 aliphatic rings. The highest BCUT2D eigenvalue weighted by atomic mass is 19.4. The van der Waals surface area contributed by atoms with Gasteiger partial charge in [0.15, 0.2) is 11.6 Å². The monoisotopic (exact) mass is 473 g/mol. The minimum Gasteiger partial charge on any atom is -0.494 e. The van der Waals surface area contributed by atoms with Gasteiger partial charge in [0.25, 0.3) is 0 Å². The highest BCUT2D eigenvalue weighted by molar-refractivity contribution is 5.88. The Hall–Kier alpha value is -3.01. The molecule has 0 aromatic heterocycles. The summed E-state index contributed by atoms with van der Waals surface area (Å²) in [6, 6.07) is 11.3. The Morgan fingerprint density at radius 3 is 2.18 bits per heavy atom. The molecule has 2 rings (SSSR count). The van der Waals surface area contributed by atoms with Gasteiger partial charge in [-0.1, -0.05) is 18.2 Å². The molecule has 0 heterocycles. The molecule has 5 nitrogen and oxygen atoms in total. The smallest absolute Gasteiger partial charge is 0.491 e. The Labute approximate surface area is 187 Å². The van der Waals surface area contributed by atoms with Gasteiger partial charge in [0, 0.05) is 6.54 Å². The number of alkyl halides is 3. The van der Waals surface area contributed by atoms with Crippen LogP contribution in [-0.4, -0.2) is 37.8 Å². The van der Waals surface area contributed by atoms with Crippen molar-refractivity contribution in [3.63, 3.8) is 0 Å². The third-order valence-corrected chi connectivity index (χ3v) is 4.55. The van der Waals surface area contributed by atoms with E-state index in [0.29, 0.717) is 37.3 Å². The third kappa shape index (κ3) is 9.98. The van der Waals surface area contributed by atoms with E-state index in [-0.39, 0.29) is 13.0 Å². The van der Waals surface area contributed by atoms with E-state index >= 15 is 0 Å². The average Bonchev–Trinajstić information content (AvgIpc) is 2.76. The molecule has 2 aromatic rings. The van der Waals surface area contributed by atoms with Gasteiger partial charge in [-0.2, -0.15) is 13.2 Å². The Bertz CT molecular complexity index is 916. The van der Waals surface area contributed by atoms with E-state index in [1.807, 2.05) is 24.3 Å². The van der Waals surface area contributed by atoms with Crippen LogP contribution in [0.25, 0.3) is 0 Å². The molecule has 0 unspecified atom stereocenters. The van der Waals surface area contributed by atoms with E-state index in [0.717, 1.165) is 24.5 Å². The molecule has 0 amide bonds. The lowest BCUT2D eigenvalue weighted by atomic mass is 10.1. The second kappa shape index (κ2) is 12.9. The van der Waals surface area contributed by atoms with Gasteiger partial charge in [-0.25, -0.2) is 13.6 Å². The Balaban J connectivity index is 1.55. The van der Waals surface area contributed by atoms with Crippen LogP contribution in [0.2, 0.25) is 0 Å². The van der Waals surface area contributed by atoms with E-state index < -0.39 is 29.7 Å². The van der Waals surface area contributed by atoms with Gasteiger partial charge in [-0.15, -0.1) is 0 Å². The lowest BCUT2D eigenvalue weighted by molar-refractivity contribution is -0.201. The van der Waals surface area contributed by atoms with Crippen LogP contribution >= 0.6 is 0 Å². The molecule has 2 aromatic carbocycles. The summed E-state index contributed by atoms with van der Waals surface area (Å²) >= 11 is 0. The molecule has 10 heteroatoms. The lowest BCUT2D eigenvalue weighted by Gasteiger charge is -2.08. The van der Waals surface area contributed by atoms with Crippen LogP contribution in [0, 0.1) is 11.6 Å². The first-order chi connectivity index (χ1) is 15.6. The van der Waals surface area contributed by atoms with Crippen LogP contribution in [0.1, 0.15) is 30.4 Å². The van der Waals surface area contributed by atoms with E-state index in [4.69, 9.17) is 4.74 Å². The number of ether oxygens (including phenoxy) is 2. The topological polar surface area (TPSA) is 64.6 Å². The zero-order valence-electron chi connectivity index (χ0n) is 17.7. The molecule has 0 aliphatic heterocycles. The summed E-state index contributed by atoms with van der Waals surface area (Å²) in [7, 11) is 0. The number of carbonyl (C=O) groups is 2. The fourth-order valence-electron chi connectivity index (χ4n) is 2.86. The molecule has 0 radical (unpaired) electrons. The zero-order chi connectivity index (χ0) is 24.3. The summed E-state index contributed by atoms with van der Waals surface area (Å²) in [4.78, 5) is 21.7. The van der Waals surface area contributed by atoms with Crippen LogP contribution in [0.5, 0.6) is 5.75 Å². The highest BCUT2D eigenvalue weighted by Gasteiger charge is 2.42. The number of hydrogen-bond acceptors (Lipinski definition) is 5. The van der Waals surface area contributed by atoms with Crippen molar-refractivity contribution < 1.29 is 41.0 Å². The van der Waals surface area contributed by atoms with E-state index in [1.165, 1.54) is 6.07 Å². The number of nitrogens with one attached hydrogen (secondary N) is 1. The average molecular weight is 473 g/mol. The third-order valence-electron chi connectivity index (χ3n) is 4.55. The van der Waals surface area contributed by atoms with Gasteiger partial charge in [0.1, 0.15) is 5.75 Å². The maximum Gasteiger partial charge on any atom is 0.491 e. The molecule has 0 saturated heterocycles. The lowest BCUT2D eigenvalue weighted by Crippen LogP contribution is -2.29.